The monoisotopic (exact) mass is 590 g/mol. The van der Waals surface area contributed by atoms with E-state index < -0.39 is 11.9 Å². The van der Waals surface area contributed by atoms with Crippen LogP contribution in [0.3, 0.4) is 0 Å². The first-order valence-corrected chi connectivity index (χ1v) is 14.8. The maximum Gasteiger partial charge on any atom is 0.324 e. The first kappa shape index (κ1) is 27.5. The molecule has 42 heavy (non-hydrogen) atoms. The Kier molecular flexibility index (Phi) is 7.90. The molecule has 0 atom stereocenters. The molecular formula is C34H26N2O4S2. The largest absolute Gasteiger partial charge is 0.480 e. The van der Waals surface area contributed by atoms with E-state index in [0.29, 0.717) is 0 Å². The first-order valence-electron chi connectivity index (χ1n) is 13.3. The molecule has 0 amide bonds. The Balaban J connectivity index is 1.44. The molecule has 0 fully saturated rings. The molecule has 0 aromatic heterocycles. The van der Waals surface area contributed by atoms with E-state index in [1.165, 1.54) is 23.9 Å². The van der Waals surface area contributed by atoms with Gasteiger partial charge in [-0.1, -0.05) is 97.1 Å². The third kappa shape index (κ3) is 5.72. The third-order valence-corrected chi connectivity index (χ3v) is 9.09. The van der Waals surface area contributed by atoms with Gasteiger partial charge in [0.1, 0.15) is 13.1 Å². The second-order valence-electron chi connectivity index (χ2n) is 9.65. The summed E-state index contributed by atoms with van der Waals surface area (Å²) < 4.78 is 3.57. The normalized spacial score (nSPS) is 11.1. The Hall–Kier alpha value is -4.66. The summed E-state index contributed by atoms with van der Waals surface area (Å²) in [7, 11) is 0. The summed E-state index contributed by atoms with van der Waals surface area (Å²) >= 11 is 2.77. The van der Waals surface area contributed by atoms with Crippen molar-refractivity contribution in [2.75, 3.05) is 21.7 Å². The summed E-state index contributed by atoms with van der Waals surface area (Å²) in [5.41, 5.74) is 1.47. The van der Waals surface area contributed by atoms with Crippen LogP contribution in [-0.4, -0.2) is 35.2 Å². The summed E-state index contributed by atoms with van der Waals surface area (Å²) in [6, 6.07) is 39.6. The number of carboxylic acids is 2. The maximum atomic E-state index is 12.0. The van der Waals surface area contributed by atoms with Crippen LogP contribution in [0.4, 0.5) is 11.4 Å². The Morgan fingerprint density at radius 2 is 0.833 bits per heavy atom. The van der Waals surface area contributed by atoms with E-state index in [2.05, 4.69) is 0 Å². The average molecular weight is 591 g/mol. The van der Waals surface area contributed by atoms with Crippen LogP contribution in [-0.2, 0) is 9.59 Å². The first-order chi connectivity index (χ1) is 20.5. The van der Waals surface area contributed by atoms with E-state index in [-0.39, 0.29) is 13.1 Å². The van der Waals surface area contributed by atoms with Gasteiger partial charge in [-0.2, -0.15) is 0 Å². The zero-order valence-corrected chi connectivity index (χ0v) is 24.0. The molecule has 6 rings (SSSR count). The molecule has 0 unspecified atom stereocenters. The van der Waals surface area contributed by atoms with E-state index in [4.69, 9.17) is 0 Å². The number of anilines is 2. The molecule has 8 heteroatoms. The summed E-state index contributed by atoms with van der Waals surface area (Å²) in [5, 5.41) is 25.6. The summed E-state index contributed by atoms with van der Waals surface area (Å²) in [6.07, 6.45) is 0. The standard InChI is InChI=1S/C34H26N2O4S2/c37-33(38)21-35(41-31-17-7-11-23-9-1-3-13-25(23)31)29-19-20-30(28-16-6-5-15-27(28)29)36(22-34(39)40)42-32-18-8-12-24-10-2-4-14-26(24)32/h1-20H,21-22H2,(H,37,38)(H,39,40). The maximum absolute atomic E-state index is 12.0. The van der Waals surface area contributed by atoms with E-state index >= 15 is 0 Å². The second-order valence-corrected chi connectivity index (χ2v) is 11.8. The van der Waals surface area contributed by atoms with Crippen molar-refractivity contribution in [3.05, 3.63) is 121 Å². The minimum Gasteiger partial charge on any atom is -0.480 e. The molecule has 2 N–H and O–H groups in total. The van der Waals surface area contributed by atoms with Gasteiger partial charge in [0.25, 0.3) is 0 Å². The van der Waals surface area contributed by atoms with Crippen LogP contribution in [0, 0.1) is 0 Å². The number of nitrogens with zero attached hydrogens (tertiary/aromatic N) is 2. The minimum absolute atomic E-state index is 0.221. The van der Waals surface area contributed by atoms with Crippen molar-refractivity contribution in [1.82, 2.24) is 0 Å². The van der Waals surface area contributed by atoms with Crippen molar-refractivity contribution in [3.63, 3.8) is 0 Å². The van der Waals surface area contributed by atoms with Gasteiger partial charge in [-0.25, -0.2) is 0 Å². The summed E-state index contributed by atoms with van der Waals surface area (Å²) in [4.78, 5) is 26.0. The van der Waals surface area contributed by atoms with E-state index in [9.17, 15) is 19.8 Å². The summed E-state index contributed by atoms with van der Waals surface area (Å²) in [6.45, 7) is -0.443. The molecule has 0 aliphatic rings. The van der Waals surface area contributed by atoms with Crippen LogP contribution < -0.4 is 8.61 Å². The predicted octanol–water partition coefficient (Wildman–Crippen LogP) is 8.34. The van der Waals surface area contributed by atoms with Gasteiger partial charge in [0.15, 0.2) is 0 Å². The molecule has 0 aliphatic heterocycles. The van der Waals surface area contributed by atoms with Gasteiger partial charge in [-0.15, -0.1) is 0 Å². The van der Waals surface area contributed by atoms with Gasteiger partial charge in [-0.3, -0.25) is 9.59 Å². The molecule has 0 saturated heterocycles. The molecule has 6 aromatic rings. The molecule has 0 bridgehead atoms. The number of rotatable bonds is 10. The highest BCUT2D eigenvalue weighted by atomic mass is 32.2. The molecule has 0 saturated carbocycles. The number of hydrogen-bond donors (Lipinski definition) is 2. The van der Waals surface area contributed by atoms with Gasteiger partial charge >= 0.3 is 11.9 Å². The smallest absolute Gasteiger partial charge is 0.324 e. The molecule has 0 spiro atoms. The second kappa shape index (κ2) is 12.1. The highest BCUT2D eigenvalue weighted by Gasteiger charge is 2.22. The van der Waals surface area contributed by atoms with Crippen molar-refractivity contribution in [2.24, 2.45) is 0 Å². The van der Waals surface area contributed by atoms with Crippen LogP contribution in [0.1, 0.15) is 0 Å². The lowest BCUT2D eigenvalue weighted by atomic mass is 10.1. The lowest BCUT2D eigenvalue weighted by Crippen LogP contribution is -2.25. The van der Waals surface area contributed by atoms with E-state index in [0.717, 1.165) is 53.5 Å². The fourth-order valence-corrected chi connectivity index (χ4v) is 7.26. The fourth-order valence-electron chi connectivity index (χ4n) is 5.07. The van der Waals surface area contributed by atoms with Crippen LogP contribution in [0.2, 0.25) is 0 Å². The van der Waals surface area contributed by atoms with Crippen molar-refractivity contribution in [2.45, 2.75) is 9.79 Å². The SMILES string of the molecule is O=C(O)CN(Sc1cccc2ccccc12)c1ccc(N(CC(=O)O)Sc2cccc3ccccc23)c2ccccc12. The predicted molar refractivity (Wildman–Crippen MR) is 174 cm³/mol. The molecule has 6 aromatic carbocycles. The van der Waals surface area contributed by atoms with Crippen molar-refractivity contribution >= 4 is 79.5 Å². The molecule has 0 heterocycles. The molecule has 6 nitrogen and oxygen atoms in total. The number of carbonyl (C=O) groups is 2. The molecule has 0 aliphatic carbocycles. The van der Waals surface area contributed by atoms with E-state index in [1.54, 1.807) is 8.61 Å². The van der Waals surface area contributed by atoms with Crippen molar-refractivity contribution in [1.29, 1.82) is 0 Å². The van der Waals surface area contributed by atoms with Gasteiger partial charge in [-0.05, 0) is 69.7 Å². The van der Waals surface area contributed by atoms with Gasteiger partial charge in [0.2, 0.25) is 0 Å². The van der Waals surface area contributed by atoms with Crippen LogP contribution >= 0.6 is 23.9 Å². The number of carboxylic acid groups (broad SMARTS) is 2. The highest BCUT2D eigenvalue weighted by molar-refractivity contribution is 8.01. The molecular weight excluding hydrogens is 565 g/mol. The molecule has 208 valence electrons. The Bertz CT molecular complexity index is 1790. The Morgan fingerprint density at radius 1 is 0.476 bits per heavy atom. The number of benzene rings is 6. The molecule has 0 radical (unpaired) electrons. The van der Waals surface area contributed by atoms with E-state index in [1.807, 2.05) is 121 Å². The Labute approximate surface area is 251 Å². The van der Waals surface area contributed by atoms with Crippen LogP contribution in [0.15, 0.2) is 131 Å². The zero-order valence-electron chi connectivity index (χ0n) is 22.4. The minimum atomic E-state index is -0.949. The summed E-state index contributed by atoms with van der Waals surface area (Å²) in [5.74, 6) is -1.90. The van der Waals surface area contributed by atoms with Crippen molar-refractivity contribution in [3.8, 4) is 0 Å². The average Bonchev–Trinajstić information content (AvgIpc) is 3.00. The van der Waals surface area contributed by atoms with Gasteiger partial charge in [0.05, 0.1) is 11.4 Å². The zero-order chi connectivity index (χ0) is 29.1. The number of fused-ring (bicyclic) bond motifs is 3. The highest BCUT2D eigenvalue weighted by Crippen LogP contribution is 2.42. The van der Waals surface area contributed by atoms with Crippen LogP contribution in [0.5, 0.6) is 0 Å². The van der Waals surface area contributed by atoms with Gasteiger partial charge in [0, 0.05) is 20.6 Å². The fraction of sp³-hybridized carbons (Fsp3) is 0.0588. The Morgan fingerprint density at radius 3 is 1.24 bits per heavy atom. The quantitative estimate of drug-likeness (QED) is 0.154. The lowest BCUT2D eigenvalue weighted by molar-refractivity contribution is -0.136. The topological polar surface area (TPSA) is 81.1 Å². The third-order valence-electron chi connectivity index (χ3n) is 6.89. The number of hydrogen-bond acceptors (Lipinski definition) is 6. The van der Waals surface area contributed by atoms with Gasteiger partial charge < -0.3 is 18.8 Å². The van der Waals surface area contributed by atoms with Crippen LogP contribution in [0.25, 0.3) is 32.3 Å². The number of aliphatic carboxylic acids is 2. The lowest BCUT2D eigenvalue weighted by Gasteiger charge is -2.27. The van der Waals surface area contributed by atoms with Crippen molar-refractivity contribution < 1.29 is 19.8 Å².